The molecule has 19 heavy (non-hydrogen) atoms. The summed E-state index contributed by atoms with van der Waals surface area (Å²) in [6.45, 7) is 6.95. The third-order valence-corrected chi connectivity index (χ3v) is 3.39. The fourth-order valence-electron chi connectivity index (χ4n) is 2.18. The quantitative estimate of drug-likeness (QED) is 0.907. The number of aryl methyl sites for hydroxylation is 2. The van der Waals surface area contributed by atoms with Gasteiger partial charge in [-0.2, -0.15) is 0 Å². The van der Waals surface area contributed by atoms with Crippen LogP contribution in [0.1, 0.15) is 35.2 Å². The first-order chi connectivity index (χ1) is 9.13. The first-order valence-corrected chi connectivity index (χ1v) is 6.53. The van der Waals surface area contributed by atoms with Crippen molar-refractivity contribution in [3.05, 3.63) is 64.7 Å². The molecule has 1 aromatic carbocycles. The molecule has 1 unspecified atom stereocenters. The minimum atomic E-state index is -0.272. The molecule has 1 heterocycles. The Bertz CT molecular complexity index is 566. The van der Waals surface area contributed by atoms with Crippen molar-refractivity contribution in [2.45, 2.75) is 26.8 Å². The molecule has 2 aromatic rings. The lowest BCUT2D eigenvalue weighted by molar-refractivity contribution is 0.554. The lowest BCUT2D eigenvalue weighted by atomic mass is 9.96. The molecule has 1 N–H and O–H groups in total. The van der Waals surface area contributed by atoms with Gasteiger partial charge in [-0.1, -0.05) is 25.1 Å². The maximum atomic E-state index is 13.9. The summed E-state index contributed by atoms with van der Waals surface area (Å²) in [5.41, 5.74) is 4.18. The van der Waals surface area contributed by atoms with E-state index in [0.717, 1.165) is 12.1 Å². The van der Waals surface area contributed by atoms with E-state index in [1.54, 1.807) is 12.3 Å². The zero-order valence-electron chi connectivity index (χ0n) is 11.6. The maximum absolute atomic E-state index is 13.9. The second-order valence-corrected chi connectivity index (χ2v) is 4.73. The second-order valence-electron chi connectivity index (χ2n) is 4.73. The number of hydrogen-bond acceptors (Lipinski definition) is 2. The Hall–Kier alpha value is -1.74. The predicted octanol–water partition coefficient (Wildman–Crippen LogP) is 3.54. The molecule has 0 bridgehead atoms. The molecule has 0 saturated heterocycles. The van der Waals surface area contributed by atoms with Crippen LogP contribution in [0.15, 0.2) is 36.7 Å². The number of aromatic nitrogens is 1. The smallest absolute Gasteiger partial charge is 0.146 e. The number of nitrogens with zero attached hydrogens (tertiary/aromatic N) is 1. The fourth-order valence-corrected chi connectivity index (χ4v) is 2.18. The number of rotatable bonds is 4. The van der Waals surface area contributed by atoms with Gasteiger partial charge >= 0.3 is 0 Å². The Labute approximate surface area is 113 Å². The first-order valence-electron chi connectivity index (χ1n) is 6.53. The summed E-state index contributed by atoms with van der Waals surface area (Å²) < 4.78 is 13.9. The summed E-state index contributed by atoms with van der Waals surface area (Å²) in [4.78, 5) is 3.81. The molecule has 100 valence electrons. The normalized spacial score (nSPS) is 12.4. The van der Waals surface area contributed by atoms with Crippen molar-refractivity contribution in [1.82, 2.24) is 10.3 Å². The summed E-state index contributed by atoms with van der Waals surface area (Å²) in [6, 6.07) is 7.84. The molecule has 0 spiro atoms. The van der Waals surface area contributed by atoms with Gasteiger partial charge in [-0.3, -0.25) is 4.98 Å². The monoisotopic (exact) mass is 258 g/mol. The van der Waals surface area contributed by atoms with Gasteiger partial charge in [0.05, 0.1) is 12.2 Å². The average Bonchev–Trinajstić information content (AvgIpc) is 2.40. The van der Waals surface area contributed by atoms with Crippen LogP contribution in [0, 0.1) is 19.7 Å². The van der Waals surface area contributed by atoms with Gasteiger partial charge in [0.1, 0.15) is 5.82 Å². The molecule has 0 fully saturated rings. The van der Waals surface area contributed by atoms with E-state index < -0.39 is 0 Å². The van der Waals surface area contributed by atoms with Gasteiger partial charge in [0.25, 0.3) is 0 Å². The van der Waals surface area contributed by atoms with E-state index >= 15 is 0 Å². The van der Waals surface area contributed by atoms with Crippen molar-refractivity contribution in [3.8, 4) is 0 Å². The third-order valence-electron chi connectivity index (χ3n) is 3.39. The van der Waals surface area contributed by atoms with Gasteiger partial charge in [0, 0.05) is 11.8 Å². The Morgan fingerprint density at radius 2 is 2.00 bits per heavy atom. The number of pyridine rings is 1. The largest absolute Gasteiger partial charge is 0.306 e. The highest BCUT2D eigenvalue weighted by Gasteiger charge is 2.17. The summed E-state index contributed by atoms with van der Waals surface area (Å²) >= 11 is 0. The second kappa shape index (κ2) is 5.93. The van der Waals surface area contributed by atoms with Gasteiger partial charge in [-0.05, 0) is 43.1 Å². The van der Waals surface area contributed by atoms with Crippen molar-refractivity contribution < 1.29 is 4.39 Å². The molecule has 0 radical (unpaired) electrons. The SMILES string of the molecule is CCNC(c1ccc(C)c(C)c1)c1ccncc1F. The van der Waals surface area contributed by atoms with Crippen molar-refractivity contribution in [1.29, 1.82) is 0 Å². The van der Waals surface area contributed by atoms with E-state index in [0.29, 0.717) is 5.56 Å². The van der Waals surface area contributed by atoms with E-state index in [1.807, 2.05) is 6.92 Å². The van der Waals surface area contributed by atoms with Crippen LogP contribution in [0.2, 0.25) is 0 Å². The van der Waals surface area contributed by atoms with Crippen molar-refractivity contribution in [3.63, 3.8) is 0 Å². The Morgan fingerprint density at radius 3 is 2.63 bits per heavy atom. The molecule has 3 heteroatoms. The highest BCUT2D eigenvalue weighted by molar-refractivity contribution is 5.37. The predicted molar refractivity (Wildman–Crippen MR) is 75.6 cm³/mol. The van der Waals surface area contributed by atoms with E-state index in [1.165, 1.54) is 17.3 Å². The van der Waals surface area contributed by atoms with Crippen molar-refractivity contribution in [2.75, 3.05) is 6.54 Å². The summed E-state index contributed by atoms with van der Waals surface area (Å²) in [5, 5.41) is 3.33. The molecule has 0 aliphatic heterocycles. The number of hydrogen-bond donors (Lipinski definition) is 1. The summed E-state index contributed by atoms with van der Waals surface area (Å²) in [5.74, 6) is -0.272. The zero-order valence-corrected chi connectivity index (χ0v) is 11.6. The topological polar surface area (TPSA) is 24.9 Å². The van der Waals surface area contributed by atoms with Gasteiger partial charge in [-0.15, -0.1) is 0 Å². The minimum Gasteiger partial charge on any atom is -0.306 e. The summed E-state index contributed by atoms with van der Waals surface area (Å²) in [7, 11) is 0. The molecule has 2 nitrogen and oxygen atoms in total. The molecule has 1 aromatic heterocycles. The van der Waals surface area contributed by atoms with E-state index in [-0.39, 0.29) is 11.9 Å². The number of halogens is 1. The standard InChI is InChI=1S/C16H19FN2/c1-4-19-16(14-7-8-18-10-15(14)17)13-6-5-11(2)12(3)9-13/h5-10,16,19H,4H2,1-3H3. The highest BCUT2D eigenvalue weighted by Crippen LogP contribution is 2.25. The van der Waals surface area contributed by atoms with E-state index in [2.05, 4.69) is 42.3 Å². The Balaban J connectivity index is 2.45. The molecule has 0 aliphatic rings. The Morgan fingerprint density at radius 1 is 1.21 bits per heavy atom. The van der Waals surface area contributed by atoms with Crippen molar-refractivity contribution in [2.24, 2.45) is 0 Å². The minimum absolute atomic E-state index is 0.132. The highest BCUT2D eigenvalue weighted by atomic mass is 19.1. The third kappa shape index (κ3) is 2.99. The zero-order chi connectivity index (χ0) is 13.8. The van der Waals surface area contributed by atoms with Gasteiger partial charge in [0.15, 0.2) is 0 Å². The number of benzene rings is 1. The molecule has 2 rings (SSSR count). The van der Waals surface area contributed by atoms with Crippen LogP contribution in [0.4, 0.5) is 4.39 Å². The first kappa shape index (κ1) is 13.7. The average molecular weight is 258 g/mol. The van der Waals surface area contributed by atoms with Crippen LogP contribution in [0.5, 0.6) is 0 Å². The molecule has 0 aliphatic carbocycles. The fraction of sp³-hybridized carbons (Fsp3) is 0.312. The molecule has 0 amide bonds. The number of nitrogens with one attached hydrogen (secondary N) is 1. The molecular weight excluding hydrogens is 239 g/mol. The van der Waals surface area contributed by atoms with Crippen LogP contribution in [-0.4, -0.2) is 11.5 Å². The van der Waals surface area contributed by atoms with Crippen LogP contribution in [-0.2, 0) is 0 Å². The van der Waals surface area contributed by atoms with Crippen LogP contribution >= 0.6 is 0 Å². The molecule has 1 atom stereocenters. The molecule has 0 saturated carbocycles. The van der Waals surface area contributed by atoms with E-state index in [4.69, 9.17) is 0 Å². The maximum Gasteiger partial charge on any atom is 0.146 e. The molecular formula is C16H19FN2. The van der Waals surface area contributed by atoms with Gasteiger partial charge in [-0.25, -0.2) is 4.39 Å². The van der Waals surface area contributed by atoms with Crippen LogP contribution < -0.4 is 5.32 Å². The van der Waals surface area contributed by atoms with E-state index in [9.17, 15) is 4.39 Å². The lowest BCUT2D eigenvalue weighted by Crippen LogP contribution is -2.23. The van der Waals surface area contributed by atoms with Crippen molar-refractivity contribution >= 4 is 0 Å². The van der Waals surface area contributed by atoms with Crippen LogP contribution in [0.3, 0.4) is 0 Å². The van der Waals surface area contributed by atoms with Gasteiger partial charge in [0.2, 0.25) is 0 Å². The Kier molecular flexibility index (Phi) is 4.27. The summed E-state index contributed by atoms with van der Waals surface area (Å²) in [6.07, 6.45) is 2.89. The van der Waals surface area contributed by atoms with Gasteiger partial charge < -0.3 is 5.32 Å². The van der Waals surface area contributed by atoms with Crippen LogP contribution in [0.25, 0.3) is 0 Å². The lowest BCUT2D eigenvalue weighted by Gasteiger charge is -2.20.